The predicted molar refractivity (Wildman–Crippen MR) is 77.7 cm³/mol. The zero-order valence-corrected chi connectivity index (χ0v) is 13.0. The highest BCUT2D eigenvalue weighted by Gasteiger charge is 2.30. The van der Waals surface area contributed by atoms with Gasteiger partial charge in [-0.3, -0.25) is 0 Å². The molecule has 1 saturated carbocycles. The minimum atomic E-state index is -3.66. The number of aliphatic hydroxyl groups excluding tert-OH is 1. The average Bonchev–Trinajstić information content (AvgIpc) is 2.93. The fraction of sp³-hybridized carbons (Fsp3) is 0.571. The van der Waals surface area contributed by atoms with Gasteiger partial charge in [0, 0.05) is 13.2 Å². The van der Waals surface area contributed by atoms with Gasteiger partial charge in [-0.2, -0.15) is 0 Å². The van der Waals surface area contributed by atoms with Crippen LogP contribution in [0.3, 0.4) is 0 Å². The lowest BCUT2D eigenvalue weighted by Crippen LogP contribution is -2.33. The summed E-state index contributed by atoms with van der Waals surface area (Å²) >= 11 is 0. The number of sulfonamides is 1. The molecule has 118 valence electrons. The molecule has 0 aliphatic heterocycles. The Labute approximate surface area is 125 Å². The number of aliphatic hydroxyl groups is 1. The molecular weight excluding hydrogens is 294 g/mol. The smallest absolute Gasteiger partial charge is 0.244 e. The molecule has 0 amide bonds. The lowest BCUT2D eigenvalue weighted by Gasteiger charge is -2.15. The van der Waals surface area contributed by atoms with Crippen LogP contribution in [0.1, 0.15) is 24.8 Å². The number of hydrogen-bond donors (Lipinski definition) is 2. The number of ether oxygens (including phenoxy) is 2. The van der Waals surface area contributed by atoms with Gasteiger partial charge in [-0.1, -0.05) is 6.07 Å². The van der Waals surface area contributed by atoms with E-state index in [0.717, 1.165) is 12.8 Å². The van der Waals surface area contributed by atoms with Gasteiger partial charge >= 0.3 is 0 Å². The van der Waals surface area contributed by atoms with Crippen molar-refractivity contribution in [2.45, 2.75) is 42.9 Å². The van der Waals surface area contributed by atoms with Crippen molar-refractivity contribution in [1.82, 2.24) is 4.72 Å². The highest BCUT2D eigenvalue weighted by atomic mass is 32.2. The molecule has 0 radical (unpaired) electrons. The van der Waals surface area contributed by atoms with E-state index in [1.807, 2.05) is 0 Å². The van der Waals surface area contributed by atoms with E-state index >= 15 is 0 Å². The standard InChI is InChI=1S/C14H21NO5S/c1-19-12-5-4-11(8-12)15-21(17,18)14-6-3-10(9-16)7-13(14)20-2/h3,6-7,11-12,15-16H,4-5,8-9H2,1-2H3. The van der Waals surface area contributed by atoms with Crippen molar-refractivity contribution in [2.75, 3.05) is 14.2 Å². The molecule has 7 heteroatoms. The molecular formula is C14H21NO5S. The molecule has 21 heavy (non-hydrogen) atoms. The Morgan fingerprint density at radius 3 is 2.67 bits per heavy atom. The first-order chi connectivity index (χ1) is 10.00. The molecule has 2 atom stereocenters. The lowest BCUT2D eigenvalue weighted by molar-refractivity contribution is 0.107. The summed E-state index contributed by atoms with van der Waals surface area (Å²) in [5.41, 5.74) is 0.603. The van der Waals surface area contributed by atoms with E-state index in [2.05, 4.69) is 4.72 Å². The van der Waals surface area contributed by atoms with Crippen molar-refractivity contribution in [3.05, 3.63) is 23.8 Å². The van der Waals surface area contributed by atoms with Gasteiger partial charge in [0.15, 0.2) is 0 Å². The van der Waals surface area contributed by atoms with E-state index in [1.165, 1.54) is 19.2 Å². The summed E-state index contributed by atoms with van der Waals surface area (Å²) in [6, 6.07) is 4.43. The van der Waals surface area contributed by atoms with Gasteiger partial charge < -0.3 is 14.6 Å². The van der Waals surface area contributed by atoms with Crippen LogP contribution < -0.4 is 9.46 Å². The van der Waals surface area contributed by atoms with Gasteiger partial charge in [0.1, 0.15) is 10.6 Å². The Morgan fingerprint density at radius 2 is 2.10 bits per heavy atom. The maximum absolute atomic E-state index is 12.5. The molecule has 0 saturated heterocycles. The molecule has 1 aromatic carbocycles. The molecule has 0 spiro atoms. The average molecular weight is 315 g/mol. The first-order valence-electron chi connectivity index (χ1n) is 6.83. The van der Waals surface area contributed by atoms with E-state index in [1.54, 1.807) is 13.2 Å². The highest BCUT2D eigenvalue weighted by Crippen LogP contribution is 2.28. The van der Waals surface area contributed by atoms with Crippen LogP contribution in [-0.4, -0.2) is 39.9 Å². The lowest BCUT2D eigenvalue weighted by atomic mass is 10.2. The van der Waals surface area contributed by atoms with E-state index < -0.39 is 10.0 Å². The van der Waals surface area contributed by atoms with Crippen molar-refractivity contribution in [1.29, 1.82) is 0 Å². The largest absolute Gasteiger partial charge is 0.495 e. The molecule has 1 aliphatic carbocycles. The second kappa shape index (κ2) is 6.74. The van der Waals surface area contributed by atoms with Gasteiger partial charge in [0.25, 0.3) is 0 Å². The summed E-state index contributed by atoms with van der Waals surface area (Å²) in [6.45, 7) is -0.164. The van der Waals surface area contributed by atoms with Crippen molar-refractivity contribution in [3.8, 4) is 5.75 Å². The molecule has 1 fully saturated rings. The summed E-state index contributed by atoms with van der Waals surface area (Å²) in [7, 11) is -0.609. The van der Waals surface area contributed by atoms with Crippen LogP contribution in [0.2, 0.25) is 0 Å². The van der Waals surface area contributed by atoms with Crippen molar-refractivity contribution >= 4 is 10.0 Å². The van der Waals surface area contributed by atoms with Gasteiger partial charge in [-0.05, 0) is 37.0 Å². The molecule has 1 aliphatic rings. The van der Waals surface area contributed by atoms with Gasteiger partial charge in [0.2, 0.25) is 10.0 Å². The van der Waals surface area contributed by atoms with Crippen molar-refractivity contribution in [2.24, 2.45) is 0 Å². The van der Waals surface area contributed by atoms with Crippen molar-refractivity contribution in [3.63, 3.8) is 0 Å². The summed E-state index contributed by atoms with van der Waals surface area (Å²) in [5.74, 6) is 0.232. The Balaban J connectivity index is 2.19. The fourth-order valence-electron chi connectivity index (χ4n) is 2.58. The van der Waals surface area contributed by atoms with Crippen LogP contribution in [0.25, 0.3) is 0 Å². The Hall–Kier alpha value is -1.15. The third-order valence-corrected chi connectivity index (χ3v) is 5.30. The quantitative estimate of drug-likeness (QED) is 0.819. The Morgan fingerprint density at radius 1 is 1.33 bits per heavy atom. The van der Waals surface area contributed by atoms with E-state index in [-0.39, 0.29) is 29.4 Å². The van der Waals surface area contributed by atoms with E-state index in [9.17, 15) is 8.42 Å². The second-order valence-corrected chi connectivity index (χ2v) is 6.81. The van der Waals surface area contributed by atoms with Crippen LogP contribution in [-0.2, 0) is 21.4 Å². The summed E-state index contributed by atoms with van der Waals surface area (Å²) in [5, 5.41) is 9.10. The number of rotatable bonds is 6. The van der Waals surface area contributed by atoms with E-state index in [4.69, 9.17) is 14.6 Å². The monoisotopic (exact) mass is 315 g/mol. The maximum atomic E-state index is 12.5. The summed E-state index contributed by atoms with van der Waals surface area (Å²) in [6.07, 6.45) is 2.39. The Kier molecular flexibility index (Phi) is 5.21. The van der Waals surface area contributed by atoms with Gasteiger partial charge in [-0.15, -0.1) is 0 Å². The van der Waals surface area contributed by atoms with Crippen LogP contribution in [0.5, 0.6) is 5.75 Å². The molecule has 2 unspecified atom stereocenters. The maximum Gasteiger partial charge on any atom is 0.244 e. The third-order valence-electron chi connectivity index (χ3n) is 3.74. The number of benzene rings is 1. The van der Waals surface area contributed by atoms with Crippen LogP contribution in [0.4, 0.5) is 0 Å². The highest BCUT2D eigenvalue weighted by molar-refractivity contribution is 7.89. The van der Waals surface area contributed by atoms with Crippen molar-refractivity contribution < 1.29 is 23.0 Å². The number of hydrogen-bond acceptors (Lipinski definition) is 5. The zero-order valence-electron chi connectivity index (χ0n) is 12.2. The van der Waals surface area contributed by atoms with Crippen LogP contribution in [0, 0.1) is 0 Å². The van der Waals surface area contributed by atoms with Crippen LogP contribution in [0.15, 0.2) is 23.1 Å². The molecule has 2 rings (SSSR count). The zero-order chi connectivity index (χ0) is 15.5. The predicted octanol–water partition coefficient (Wildman–Crippen LogP) is 1.03. The first-order valence-corrected chi connectivity index (χ1v) is 8.31. The second-order valence-electron chi connectivity index (χ2n) is 5.13. The molecule has 0 bridgehead atoms. The topological polar surface area (TPSA) is 84.9 Å². The van der Waals surface area contributed by atoms with Gasteiger partial charge in [0.05, 0.1) is 19.8 Å². The Bertz CT molecular complexity index is 587. The number of nitrogens with one attached hydrogen (secondary N) is 1. The van der Waals surface area contributed by atoms with Gasteiger partial charge in [-0.25, -0.2) is 13.1 Å². The minimum Gasteiger partial charge on any atom is -0.495 e. The minimum absolute atomic E-state index is 0.0862. The SMILES string of the molecule is COc1cc(CO)ccc1S(=O)(=O)NC1CCC(OC)C1. The third kappa shape index (κ3) is 3.74. The molecule has 0 heterocycles. The summed E-state index contributed by atoms with van der Waals surface area (Å²) < 4.78 is 38.0. The van der Waals surface area contributed by atoms with Crippen LogP contribution >= 0.6 is 0 Å². The first kappa shape index (κ1) is 16.2. The fourth-order valence-corrected chi connectivity index (χ4v) is 4.01. The van der Waals surface area contributed by atoms with E-state index in [0.29, 0.717) is 12.0 Å². The molecule has 2 N–H and O–H groups in total. The normalized spacial score (nSPS) is 22.4. The summed E-state index contributed by atoms with van der Waals surface area (Å²) in [4.78, 5) is 0.0862. The molecule has 6 nitrogen and oxygen atoms in total. The molecule has 0 aromatic heterocycles. The molecule has 1 aromatic rings. The number of methoxy groups -OCH3 is 2.